The van der Waals surface area contributed by atoms with Crippen LogP contribution in [0.25, 0.3) is 22.3 Å². The standard InChI is InChI=1S/C14H13N5O.C13H19BN2O3.C8H7BrN2.C5H6BrN3/c1-8-17-12-5-11(7-16-14(12)18-8)10-3-4-15-13(6-10)19-9(2)20;1-9(17)16-11-8-10(6-7-15-11)14-18-12(2,3)13(4,5)19-14;1-5-2-7-8(11-5)3-6(9)4-10-7;6-3-1-4(7)5(8)9-2-3/h3-7H,1-2H3,(H,15,19,20)(H,16,17,18);6-8H,1-5H3,(H,15,16,17);3-4H,2H2,1H3;1-2H,7H2,(H2,8,9). The number of pyridine rings is 5. The first-order valence-electron chi connectivity index (χ1n) is 18.3. The van der Waals surface area contributed by atoms with Crippen molar-refractivity contribution in [3.63, 3.8) is 0 Å². The molecule has 6 aromatic rings. The third kappa shape index (κ3) is 12.2. The van der Waals surface area contributed by atoms with Crippen molar-refractivity contribution in [3.05, 3.63) is 93.9 Å². The highest BCUT2D eigenvalue weighted by molar-refractivity contribution is 9.10. The molecule has 19 heteroatoms. The Morgan fingerprint density at radius 1 is 0.780 bits per heavy atom. The van der Waals surface area contributed by atoms with Crippen molar-refractivity contribution < 1.29 is 18.9 Å². The molecule has 59 heavy (non-hydrogen) atoms. The summed E-state index contributed by atoms with van der Waals surface area (Å²) in [4.78, 5) is 54.4. The molecule has 2 aliphatic rings. The van der Waals surface area contributed by atoms with Crippen molar-refractivity contribution in [2.45, 2.75) is 73.0 Å². The SMILES string of the molecule is CC(=O)Nc1cc(-c2cnc3nc(C)[nH]c3c2)ccn1.CC(=O)Nc1cc(B2OC(C)(C)C(C)(C)O2)ccn1.CC1=Nc2cc(Br)cnc2C1.Nc1cc(Br)cnc1N. The molecule has 0 saturated carbocycles. The third-order valence-electron chi connectivity index (χ3n) is 9.03. The number of hydrogen-bond acceptors (Lipinski definition) is 13. The number of nitrogens with zero attached hydrogens (tertiary/aromatic N) is 7. The van der Waals surface area contributed by atoms with Crippen LogP contribution < -0.4 is 27.6 Å². The zero-order valence-electron chi connectivity index (χ0n) is 33.9. The molecule has 0 aromatic carbocycles. The molecule has 2 amide bonds. The van der Waals surface area contributed by atoms with Gasteiger partial charge in [-0.2, -0.15) is 0 Å². The topological polar surface area (TPSA) is 234 Å². The predicted octanol–water partition coefficient (Wildman–Crippen LogP) is 7.13. The predicted molar refractivity (Wildman–Crippen MR) is 240 cm³/mol. The van der Waals surface area contributed by atoms with E-state index in [2.05, 4.69) is 82.4 Å². The van der Waals surface area contributed by atoms with E-state index < -0.39 is 7.12 Å². The van der Waals surface area contributed by atoms with Crippen LogP contribution in [0.15, 0.2) is 87.4 Å². The highest BCUT2D eigenvalue weighted by Crippen LogP contribution is 2.36. The van der Waals surface area contributed by atoms with Gasteiger partial charge in [-0.3, -0.25) is 19.6 Å². The third-order valence-corrected chi connectivity index (χ3v) is 9.90. The van der Waals surface area contributed by atoms with Crippen molar-refractivity contribution in [2.75, 3.05) is 22.1 Å². The molecule has 6 aromatic heterocycles. The summed E-state index contributed by atoms with van der Waals surface area (Å²) in [6.45, 7) is 14.8. The second-order valence-corrected chi connectivity index (χ2v) is 16.4. The number of carbonyl (C=O) groups excluding carboxylic acids is 2. The quantitative estimate of drug-likeness (QED) is 0.111. The second-order valence-electron chi connectivity index (χ2n) is 14.5. The number of aryl methyl sites for hydroxylation is 1. The number of anilines is 4. The molecule has 0 spiro atoms. The van der Waals surface area contributed by atoms with Gasteiger partial charge in [0.2, 0.25) is 11.8 Å². The Morgan fingerprint density at radius 3 is 2.02 bits per heavy atom. The Hall–Kier alpha value is -5.63. The molecule has 306 valence electrons. The van der Waals surface area contributed by atoms with Gasteiger partial charge in [0.05, 0.1) is 33.8 Å². The molecule has 1 fully saturated rings. The van der Waals surface area contributed by atoms with Crippen LogP contribution in [0.3, 0.4) is 0 Å². The maximum absolute atomic E-state index is 11.1. The number of carbonyl (C=O) groups is 2. The van der Waals surface area contributed by atoms with Crippen molar-refractivity contribution in [2.24, 2.45) is 4.99 Å². The summed E-state index contributed by atoms with van der Waals surface area (Å²) < 4.78 is 13.7. The Bertz CT molecular complexity index is 2500. The molecule has 0 radical (unpaired) electrons. The van der Waals surface area contributed by atoms with Crippen LogP contribution >= 0.6 is 31.9 Å². The number of amides is 2. The number of rotatable bonds is 4. The van der Waals surface area contributed by atoms with E-state index in [0.29, 0.717) is 28.8 Å². The summed E-state index contributed by atoms with van der Waals surface area (Å²) in [5.41, 5.74) is 18.0. The summed E-state index contributed by atoms with van der Waals surface area (Å²) in [6.07, 6.45) is 9.37. The molecule has 0 atom stereocenters. The lowest BCUT2D eigenvalue weighted by atomic mass is 9.80. The molecular formula is C40H45BBr2N12O4. The number of hydrogen-bond donors (Lipinski definition) is 5. The van der Waals surface area contributed by atoms with E-state index in [9.17, 15) is 9.59 Å². The van der Waals surface area contributed by atoms with Gasteiger partial charge in [0.15, 0.2) is 5.65 Å². The van der Waals surface area contributed by atoms with Gasteiger partial charge in [0, 0.05) is 71.5 Å². The molecular weight excluding hydrogens is 883 g/mol. The minimum absolute atomic E-state index is 0.146. The van der Waals surface area contributed by atoms with Gasteiger partial charge >= 0.3 is 7.12 Å². The van der Waals surface area contributed by atoms with Gasteiger partial charge in [0.25, 0.3) is 0 Å². The van der Waals surface area contributed by atoms with Gasteiger partial charge in [-0.1, -0.05) is 0 Å². The Morgan fingerprint density at radius 2 is 1.39 bits per heavy atom. The highest BCUT2D eigenvalue weighted by Gasteiger charge is 2.51. The Kier molecular flexibility index (Phi) is 14.3. The zero-order chi connectivity index (χ0) is 43.1. The molecule has 7 N–H and O–H groups in total. The number of nitrogens with two attached hydrogens (primary N) is 2. The average molecular weight is 928 g/mol. The fourth-order valence-corrected chi connectivity index (χ4v) is 6.17. The summed E-state index contributed by atoms with van der Waals surface area (Å²) in [6, 6.07) is 13.0. The van der Waals surface area contributed by atoms with Crippen molar-refractivity contribution in [1.82, 2.24) is 34.9 Å². The van der Waals surface area contributed by atoms with E-state index in [0.717, 1.165) is 60.4 Å². The molecule has 2 aliphatic heterocycles. The van der Waals surface area contributed by atoms with E-state index in [1.165, 1.54) is 13.8 Å². The number of aromatic amines is 1. The van der Waals surface area contributed by atoms with Crippen LogP contribution in [0.4, 0.5) is 28.8 Å². The summed E-state index contributed by atoms with van der Waals surface area (Å²) in [5, 5.41) is 5.31. The number of aliphatic imine (C=N–C) groups is 1. The molecule has 0 unspecified atom stereocenters. The van der Waals surface area contributed by atoms with Crippen molar-refractivity contribution in [3.8, 4) is 11.1 Å². The minimum Gasteiger partial charge on any atom is -0.399 e. The largest absolute Gasteiger partial charge is 0.495 e. The summed E-state index contributed by atoms with van der Waals surface area (Å²) in [7, 11) is -0.444. The molecule has 16 nitrogen and oxygen atoms in total. The van der Waals surface area contributed by atoms with Gasteiger partial charge in [-0.15, -0.1) is 0 Å². The van der Waals surface area contributed by atoms with Crippen molar-refractivity contribution in [1.29, 1.82) is 0 Å². The Balaban J connectivity index is 0.000000157. The number of imidazole rings is 1. The maximum Gasteiger partial charge on any atom is 0.495 e. The average Bonchev–Trinajstić information content (AvgIpc) is 3.79. The molecule has 0 bridgehead atoms. The van der Waals surface area contributed by atoms with Crippen LogP contribution in [0.2, 0.25) is 0 Å². The fraction of sp³-hybridized carbons (Fsp3) is 0.275. The number of H-pyrrole nitrogens is 1. The first-order valence-corrected chi connectivity index (χ1v) is 19.9. The van der Waals surface area contributed by atoms with Crippen molar-refractivity contribution >= 4 is 102 Å². The first-order chi connectivity index (χ1) is 27.8. The van der Waals surface area contributed by atoms with E-state index >= 15 is 0 Å². The van der Waals surface area contributed by atoms with E-state index in [1.807, 2.05) is 78.1 Å². The first kappa shape index (κ1) is 44.5. The number of fused-ring (bicyclic) bond motifs is 2. The summed E-state index contributed by atoms with van der Waals surface area (Å²) in [5.74, 6) is 1.93. The van der Waals surface area contributed by atoms with Crippen LogP contribution in [0.1, 0.15) is 60.0 Å². The molecule has 8 heterocycles. The normalized spacial score (nSPS) is 14.3. The number of nitrogens with one attached hydrogen (secondary N) is 3. The second kappa shape index (κ2) is 19.0. The lowest BCUT2D eigenvalue weighted by Crippen LogP contribution is -2.41. The van der Waals surface area contributed by atoms with Crippen LogP contribution in [0, 0.1) is 6.92 Å². The maximum atomic E-state index is 11.1. The van der Waals surface area contributed by atoms with Crippen LogP contribution in [-0.2, 0) is 25.3 Å². The number of nitrogen functional groups attached to an aromatic ring is 2. The van der Waals surface area contributed by atoms with Gasteiger partial charge in [-0.25, -0.2) is 24.9 Å². The monoisotopic (exact) mass is 926 g/mol. The van der Waals surface area contributed by atoms with Crippen LogP contribution in [0.5, 0.6) is 0 Å². The number of aromatic nitrogens is 7. The van der Waals surface area contributed by atoms with E-state index in [4.69, 9.17) is 20.8 Å². The van der Waals surface area contributed by atoms with Gasteiger partial charge in [0.1, 0.15) is 23.3 Å². The van der Waals surface area contributed by atoms with E-state index in [1.54, 1.807) is 36.9 Å². The number of halogens is 2. The Labute approximate surface area is 359 Å². The molecule has 8 rings (SSSR count). The van der Waals surface area contributed by atoms with Crippen LogP contribution in [-0.4, -0.2) is 70.7 Å². The minimum atomic E-state index is -0.444. The van der Waals surface area contributed by atoms with E-state index in [-0.39, 0.29) is 23.0 Å². The molecule has 0 aliphatic carbocycles. The lowest BCUT2D eigenvalue weighted by Gasteiger charge is -2.32. The van der Waals surface area contributed by atoms with Gasteiger partial charge in [-0.05, 0) is 127 Å². The molecule has 1 saturated heterocycles. The highest BCUT2D eigenvalue weighted by atomic mass is 79.9. The zero-order valence-corrected chi connectivity index (χ0v) is 37.1. The fourth-order valence-electron chi connectivity index (χ4n) is 5.50. The summed E-state index contributed by atoms with van der Waals surface area (Å²) >= 11 is 6.55. The van der Waals surface area contributed by atoms with Gasteiger partial charge < -0.3 is 36.4 Å². The smallest absolute Gasteiger partial charge is 0.399 e. The lowest BCUT2D eigenvalue weighted by molar-refractivity contribution is -0.115.